The predicted octanol–water partition coefficient (Wildman–Crippen LogP) is 2.95. The van der Waals surface area contributed by atoms with Crippen molar-refractivity contribution in [2.24, 2.45) is 0 Å². The molecule has 1 saturated heterocycles. The summed E-state index contributed by atoms with van der Waals surface area (Å²) in [7, 11) is 2.04. The van der Waals surface area contributed by atoms with Crippen molar-refractivity contribution in [1.29, 1.82) is 0 Å². The van der Waals surface area contributed by atoms with E-state index in [-0.39, 0.29) is 11.8 Å². The molecule has 0 unspecified atom stereocenters. The summed E-state index contributed by atoms with van der Waals surface area (Å²) in [5, 5.41) is 2.83. The second-order valence-corrected chi connectivity index (χ2v) is 7.63. The average Bonchev–Trinajstić information content (AvgIpc) is 2.74. The van der Waals surface area contributed by atoms with Crippen LogP contribution in [0.25, 0.3) is 6.08 Å². The van der Waals surface area contributed by atoms with E-state index >= 15 is 0 Å². The molecule has 0 aromatic heterocycles. The maximum Gasteiger partial charge on any atom is 0.270 e. The molecule has 1 aliphatic rings. The number of likely N-dealkylation sites (N-methyl/N-ethyl adjacent to an activating group) is 1. The molecular weight excluding hydrogens is 370 g/mol. The van der Waals surface area contributed by atoms with Crippen LogP contribution in [-0.2, 0) is 4.79 Å². The molecule has 1 heterocycles. The Morgan fingerprint density at radius 1 is 0.964 bits per heavy atom. The molecule has 0 saturated carbocycles. The van der Waals surface area contributed by atoms with E-state index in [4.69, 9.17) is 0 Å². The Hall–Kier alpha value is -2.57. The summed E-state index contributed by atoms with van der Waals surface area (Å²) in [5.74, 6) is -0.429. The molecular formula is C22H25N3O2S. The Bertz CT molecular complexity index is 842. The topological polar surface area (TPSA) is 52.7 Å². The van der Waals surface area contributed by atoms with E-state index in [1.807, 2.05) is 55.8 Å². The van der Waals surface area contributed by atoms with Crippen molar-refractivity contribution in [3.63, 3.8) is 0 Å². The summed E-state index contributed by atoms with van der Waals surface area (Å²) >= 11 is 1.66. The van der Waals surface area contributed by atoms with Crippen LogP contribution in [0.2, 0.25) is 0 Å². The molecule has 3 rings (SSSR count). The van der Waals surface area contributed by atoms with Gasteiger partial charge in [0.1, 0.15) is 5.70 Å². The minimum atomic E-state index is -0.282. The standard InChI is InChI=1S/C22H25N3O2S/c1-24-12-14-25(15-13-24)22(27)20(16-17-8-10-19(28-2)11-9-17)23-21(26)18-6-4-3-5-7-18/h3-11,16H,12-15H2,1-2H3,(H,23,26)/b20-16+. The number of thioether (sulfide) groups is 1. The number of rotatable bonds is 5. The molecule has 0 radical (unpaired) electrons. The fourth-order valence-electron chi connectivity index (χ4n) is 2.98. The second kappa shape index (κ2) is 9.57. The van der Waals surface area contributed by atoms with E-state index in [9.17, 15) is 9.59 Å². The summed E-state index contributed by atoms with van der Waals surface area (Å²) in [5.41, 5.74) is 1.70. The van der Waals surface area contributed by atoms with Gasteiger partial charge < -0.3 is 15.1 Å². The van der Waals surface area contributed by atoms with Gasteiger partial charge in [-0.2, -0.15) is 0 Å². The van der Waals surface area contributed by atoms with Gasteiger partial charge in [-0.15, -0.1) is 11.8 Å². The molecule has 2 aromatic rings. The van der Waals surface area contributed by atoms with Crippen molar-refractivity contribution < 1.29 is 9.59 Å². The highest BCUT2D eigenvalue weighted by atomic mass is 32.2. The zero-order chi connectivity index (χ0) is 19.9. The molecule has 0 atom stereocenters. The Balaban J connectivity index is 1.85. The largest absolute Gasteiger partial charge is 0.335 e. The van der Waals surface area contributed by atoms with Crippen molar-refractivity contribution in [3.8, 4) is 0 Å². The van der Waals surface area contributed by atoms with Gasteiger partial charge in [0.15, 0.2) is 0 Å². The maximum atomic E-state index is 13.1. The van der Waals surface area contributed by atoms with Crippen LogP contribution in [0, 0.1) is 0 Å². The lowest BCUT2D eigenvalue weighted by molar-refractivity contribution is -0.128. The van der Waals surface area contributed by atoms with Crippen molar-refractivity contribution in [2.75, 3.05) is 39.5 Å². The lowest BCUT2D eigenvalue weighted by atomic mass is 10.1. The van der Waals surface area contributed by atoms with E-state index in [0.29, 0.717) is 24.4 Å². The van der Waals surface area contributed by atoms with E-state index in [1.165, 1.54) is 0 Å². The minimum Gasteiger partial charge on any atom is -0.335 e. The molecule has 1 fully saturated rings. The Morgan fingerprint density at radius 2 is 1.61 bits per heavy atom. The first-order valence-electron chi connectivity index (χ1n) is 9.27. The first kappa shape index (κ1) is 20.2. The summed E-state index contributed by atoms with van der Waals surface area (Å²) < 4.78 is 0. The maximum absolute atomic E-state index is 13.1. The second-order valence-electron chi connectivity index (χ2n) is 6.75. The Morgan fingerprint density at radius 3 is 2.21 bits per heavy atom. The number of carbonyl (C=O) groups excluding carboxylic acids is 2. The van der Waals surface area contributed by atoms with Gasteiger partial charge in [-0.1, -0.05) is 30.3 Å². The molecule has 5 nitrogen and oxygen atoms in total. The van der Waals surface area contributed by atoms with E-state index in [1.54, 1.807) is 34.9 Å². The number of amides is 2. The zero-order valence-corrected chi connectivity index (χ0v) is 17.0. The van der Waals surface area contributed by atoms with Gasteiger partial charge in [-0.05, 0) is 49.2 Å². The Labute approximate surface area is 170 Å². The molecule has 0 aliphatic carbocycles. The van der Waals surface area contributed by atoms with E-state index in [2.05, 4.69) is 10.2 Å². The number of carbonyl (C=O) groups is 2. The van der Waals surface area contributed by atoms with Crippen molar-refractivity contribution in [2.45, 2.75) is 4.90 Å². The smallest absolute Gasteiger partial charge is 0.270 e. The first-order valence-corrected chi connectivity index (χ1v) is 10.5. The van der Waals surface area contributed by atoms with Crippen molar-refractivity contribution in [1.82, 2.24) is 15.1 Å². The first-order chi connectivity index (χ1) is 13.6. The predicted molar refractivity (Wildman–Crippen MR) is 114 cm³/mol. The molecule has 2 amide bonds. The number of piperazine rings is 1. The fraction of sp³-hybridized carbons (Fsp3) is 0.273. The van der Waals surface area contributed by atoms with Crippen molar-refractivity contribution in [3.05, 3.63) is 71.4 Å². The molecule has 146 valence electrons. The monoisotopic (exact) mass is 395 g/mol. The summed E-state index contributed by atoms with van der Waals surface area (Å²) in [6, 6.07) is 16.9. The third-order valence-corrected chi connectivity index (χ3v) is 5.48. The van der Waals surface area contributed by atoms with Crippen molar-refractivity contribution >= 4 is 29.7 Å². The fourth-order valence-corrected chi connectivity index (χ4v) is 3.39. The van der Waals surface area contributed by atoms with Crippen LogP contribution in [0.4, 0.5) is 0 Å². The normalized spacial score (nSPS) is 15.4. The Kier molecular flexibility index (Phi) is 6.90. The molecule has 1 aliphatic heterocycles. The van der Waals surface area contributed by atoms with Crippen LogP contribution in [0.1, 0.15) is 15.9 Å². The molecule has 2 aromatic carbocycles. The summed E-state index contributed by atoms with van der Waals surface area (Å²) in [6.07, 6.45) is 3.78. The lowest BCUT2D eigenvalue weighted by Crippen LogP contribution is -2.49. The lowest BCUT2D eigenvalue weighted by Gasteiger charge is -2.33. The number of hydrogen-bond acceptors (Lipinski definition) is 4. The number of nitrogens with zero attached hydrogens (tertiary/aromatic N) is 2. The van der Waals surface area contributed by atoms with Crippen LogP contribution in [0.3, 0.4) is 0 Å². The number of nitrogens with one attached hydrogen (secondary N) is 1. The van der Waals surface area contributed by atoms with Gasteiger partial charge in [0, 0.05) is 36.6 Å². The van der Waals surface area contributed by atoms with Gasteiger partial charge >= 0.3 is 0 Å². The van der Waals surface area contributed by atoms with Crippen LogP contribution in [0.5, 0.6) is 0 Å². The molecule has 28 heavy (non-hydrogen) atoms. The SMILES string of the molecule is CSc1ccc(/C=C(/NC(=O)c2ccccc2)C(=O)N2CCN(C)CC2)cc1. The highest BCUT2D eigenvalue weighted by Gasteiger charge is 2.23. The van der Waals surface area contributed by atoms with E-state index in [0.717, 1.165) is 23.5 Å². The molecule has 0 bridgehead atoms. The van der Waals surface area contributed by atoms with Crippen LogP contribution in [0.15, 0.2) is 65.2 Å². The van der Waals surface area contributed by atoms with Gasteiger partial charge in [-0.3, -0.25) is 9.59 Å². The third-order valence-electron chi connectivity index (χ3n) is 4.73. The van der Waals surface area contributed by atoms with Crippen LogP contribution < -0.4 is 5.32 Å². The third kappa shape index (κ3) is 5.24. The average molecular weight is 396 g/mol. The molecule has 1 N–H and O–H groups in total. The highest BCUT2D eigenvalue weighted by molar-refractivity contribution is 7.98. The van der Waals surface area contributed by atoms with Gasteiger partial charge in [0.2, 0.25) is 0 Å². The zero-order valence-electron chi connectivity index (χ0n) is 16.2. The van der Waals surface area contributed by atoms with E-state index < -0.39 is 0 Å². The highest BCUT2D eigenvalue weighted by Crippen LogP contribution is 2.17. The number of hydrogen-bond donors (Lipinski definition) is 1. The number of benzene rings is 2. The summed E-state index contributed by atoms with van der Waals surface area (Å²) in [6.45, 7) is 2.96. The minimum absolute atomic E-state index is 0.147. The van der Waals surface area contributed by atoms with Gasteiger partial charge in [0.25, 0.3) is 11.8 Å². The molecule has 0 spiro atoms. The van der Waals surface area contributed by atoms with Crippen LogP contribution in [-0.4, -0.2) is 61.1 Å². The summed E-state index contributed by atoms with van der Waals surface area (Å²) in [4.78, 5) is 30.9. The quantitative estimate of drug-likeness (QED) is 0.625. The van der Waals surface area contributed by atoms with Crippen LogP contribution >= 0.6 is 11.8 Å². The molecule has 6 heteroatoms. The van der Waals surface area contributed by atoms with Gasteiger partial charge in [-0.25, -0.2) is 0 Å². The van der Waals surface area contributed by atoms with Gasteiger partial charge in [0.05, 0.1) is 0 Å².